The number of rotatable bonds is 7. The highest BCUT2D eigenvalue weighted by Gasteiger charge is 2.15. The molecule has 3 aromatic carbocycles. The van der Waals surface area contributed by atoms with Crippen molar-refractivity contribution in [3.8, 4) is 0 Å². The van der Waals surface area contributed by atoms with Crippen LogP contribution >= 0.6 is 0 Å². The van der Waals surface area contributed by atoms with Crippen molar-refractivity contribution < 1.29 is 21.6 Å². The molecule has 0 spiro atoms. The van der Waals surface area contributed by atoms with Crippen LogP contribution in [0.25, 0.3) is 0 Å². The largest absolute Gasteiger partial charge is 0.322 e. The summed E-state index contributed by atoms with van der Waals surface area (Å²) in [7, 11) is -7.19. The first-order valence-electron chi connectivity index (χ1n) is 9.52. The number of sulfonamides is 2. The van der Waals surface area contributed by atoms with Crippen LogP contribution in [0.2, 0.25) is 0 Å². The van der Waals surface area contributed by atoms with Gasteiger partial charge in [-0.2, -0.15) is 0 Å². The number of carbonyl (C=O) groups is 1. The molecule has 168 valence electrons. The summed E-state index contributed by atoms with van der Waals surface area (Å²) in [6.45, 7) is 3.60. The van der Waals surface area contributed by atoms with Crippen LogP contribution < -0.4 is 14.8 Å². The number of hydrogen-bond donors (Lipinski definition) is 3. The Hall–Kier alpha value is -3.37. The first kappa shape index (κ1) is 23.3. The standard InChI is InChI=1S/C22H23N3O5S2/c1-15-4-7-19(8-5-15)24-32(29,30)20-11-9-18(10-12-20)23-22(26)17-6-13-21(16(2)14-17)25-31(3,27)28/h4-14,24-25H,1-3H3,(H,23,26). The summed E-state index contributed by atoms with van der Waals surface area (Å²) in [6.07, 6.45) is 1.05. The fourth-order valence-electron chi connectivity index (χ4n) is 2.88. The SMILES string of the molecule is Cc1ccc(NS(=O)(=O)c2ccc(NC(=O)c3ccc(NS(C)(=O)=O)c(C)c3)cc2)cc1. The number of amides is 1. The van der Waals surface area contributed by atoms with Crippen LogP contribution in [0.3, 0.4) is 0 Å². The van der Waals surface area contributed by atoms with E-state index in [1.54, 1.807) is 25.1 Å². The molecule has 1 amide bonds. The predicted molar refractivity (Wildman–Crippen MR) is 126 cm³/mol. The number of aryl methyl sites for hydroxylation is 2. The third kappa shape index (κ3) is 6.08. The van der Waals surface area contributed by atoms with Crippen molar-refractivity contribution in [3.05, 3.63) is 83.4 Å². The summed E-state index contributed by atoms with van der Waals surface area (Å²) >= 11 is 0. The van der Waals surface area contributed by atoms with E-state index in [0.29, 0.717) is 28.2 Å². The van der Waals surface area contributed by atoms with Crippen LogP contribution in [0, 0.1) is 13.8 Å². The van der Waals surface area contributed by atoms with Crippen molar-refractivity contribution in [3.63, 3.8) is 0 Å². The highest BCUT2D eigenvalue weighted by molar-refractivity contribution is 7.92. The summed E-state index contributed by atoms with van der Waals surface area (Å²) in [5.74, 6) is -0.410. The normalized spacial score (nSPS) is 11.6. The lowest BCUT2D eigenvalue weighted by molar-refractivity contribution is 0.102. The van der Waals surface area contributed by atoms with Crippen molar-refractivity contribution in [2.24, 2.45) is 0 Å². The molecule has 3 rings (SSSR count). The molecule has 0 aliphatic heterocycles. The average molecular weight is 474 g/mol. The Morgan fingerprint density at radius 2 is 1.34 bits per heavy atom. The molecule has 3 aromatic rings. The van der Waals surface area contributed by atoms with Gasteiger partial charge in [-0.1, -0.05) is 17.7 Å². The average Bonchev–Trinajstić information content (AvgIpc) is 2.70. The lowest BCUT2D eigenvalue weighted by Crippen LogP contribution is -2.15. The minimum atomic E-state index is -3.77. The van der Waals surface area contributed by atoms with Gasteiger partial charge >= 0.3 is 0 Å². The van der Waals surface area contributed by atoms with Crippen LogP contribution in [-0.2, 0) is 20.0 Å². The zero-order valence-corrected chi connectivity index (χ0v) is 19.3. The number of benzene rings is 3. The van der Waals surface area contributed by atoms with Gasteiger partial charge in [0, 0.05) is 16.9 Å². The second-order valence-corrected chi connectivity index (χ2v) is 10.8. The van der Waals surface area contributed by atoms with Gasteiger partial charge in [-0.3, -0.25) is 14.2 Å². The van der Waals surface area contributed by atoms with Gasteiger partial charge in [0.1, 0.15) is 0 Å². The molecule has 10 heteroatoms. The zero-order valence-electron chi connectivity index (χ0n) is 17.7. The van der Waals surface area contributed by atoms with E-state index in [0.717, 1.165) is 11.8 Å². The molecule has 0 bridgehead atoms. The van der Waals surface area contributed by atoms with Crippen LogP contribution in [0.15, 0.2) is 71.6 Å². The molecular formula is C22H23N3O5S2. The fourth-order valence-corrected chi connectivity index (χ4v) is 4.56. The maximum atomic E-state index is 12.6. The number of anilines is 3. The number of nitrogens with one attached hydrogen (secondary N) is 3. The van der Waals surface area contributed by atoms with Crippen molar-refractivity contribution in [1.82, 2.24) is 0 Å². The Labute approximate surface area is 187 Å². The van der Waals surface area contributed by atoms with Gasteiger partial charge in [-0.05, 0) is 74.0 Å². The van der Waals surface area contributed by atoms with Gasteiger partial charge < -0.3 is 5.32 Å². The molecule has 0 radical (unpaired) electrons. The quantitative estimate of drug-likeness (QED) is 0.483. The molecule has 8 nitrogen and oxygen atoms in total. The van der Waals surface area contributed by atoms with E-state index < -0.39 is 26.0 Å². The Balaban J connectivity index is 1.70. The molecule has 3 N–H and O–H groups in total. The van der Waals surface area contributed by atoms with Gasteiger partial charge in [0.05, 0.1) is 16.8 Å². The van der Waals surface area contributed by atoms with Gasteiger partial charge in [0.2, 0.25) is 10.0 Å². The van der Waals surface area contributed by atoms with Gasteiger partial charge in [-0.15, -0.1) is 0 Å². The topological polar surface area (TPSA) is 121 Å². The molecular weight excluding hydrogens is 450 g/mol. The second kappa shape index (κ2) is 9.01. The lowest BCUT2D eigenvalue weighted by Gasteiger charge is -2.11. The molecule has 0 aromatic heterocycles. The molecule has 0 heterocycles. The molecule has 0 unspecified atom stereocenters. The summed E-state index contributed by atoms with van der Waals surface area (Å²) in [5.41, 5.74) is 3.20. The molecule has 0 saturated carbocycles. The number of carbonyl (C=O) groups excluding carboxylic acids is 1. The van der Waals surface area contributed by atoms with Crippen molar-refractivity contribution >= 4 is 43.0 Å². The Kier molecular flexibility index (Phi) is 6.56. The zero-order chi connectivity index (χ0) is 23.5. The van der Waals surface area contributed by atoms with Crippen molar-refractivity contribution in [2.75, 3.05) is 21.0 Å². The third-order valence-corrected chi connectivity index (χ3v) is 6.50. The third-order valence-electron chi connectivity index (χ3n) is 4.51. The summed E-state index contributed by atoms with van der Waals surface area (Å²) < 4.78 is 52.8. The minimum absolute atomic E-state index is 0.0584. The van der Waals surface area contributed by atoms with E-state index in [4.69, 9.17) is 0 Å². The van der Waals surface area contributed by atoms with Crippen LogP contribution in [0.4, 0.5) is 17.1 Å². The maximum absolute atomic E-state index is 12.6. The number of hydrogen-bond acceptors (Lipinski definition) is 5. The highest BCUT2D eigenvalue weighted by Crippen LogP contribution is 2.21. The van der Waals surface area contributed by atoms with E-state index in [1.165, 1.54) is 36.4 Å². The van der Waals surface area contributed by atoms with E-state index in [1.807, 2.05) is 19.1 Å². The van der Waals surface area contributed by atoms with Crippen LogP contribution in [0.5, 0.6) is 0 Å². The maximum Gasteiger partial charge on any atom is 0.261 e. The molecule has 32 heavy (non-hydrogen) atoms. The predicted octanol–water partition coefficient (Wildman–Crippen LogP) is 3.73. The fraction of sp³-hybridized carbons (Fsp3) is 0.136. The first-order valence-corrected chi connectivity index (χ1v) is 12.9. The molecule has 0 saturated heterocycles. The monoisotopic (exact) mass is 473 g/mol. The first-order chi connectivity index (χ1) is 14.9. The van der Waals surface area contributed by atoms with E-state index in [9.17, 15) is 21.6 Å². The smallest absolute Gasteiger partial charge is 0.261 e. The van der Waals surface area contributed by atoms with Crippen LogP contribution in [0.1, 0.15) is 21.5 Å². The van der Waals surface area contributed by atoms with E-state index in [-0.39, 0.29) is 4.90 Å². The van der Waals surface area contributed by atoms with Gasteiger partial charge in [0.25, 0.3) is 15.9 Å². The highest BCUT2D eigenvalue weighted by atomic mass is 32.2. The Morgan fingerprint density at radius 1 is 0.750 bits per heavy atom. The van der Waals surface area contributed by atoms with Gasteiger partial charge in [-0.25, -0.2) is 16.8 Å². The van der Waals surface area contributed by atoms with Crippen molar-refractivity contribution in [2.45, 2.75) is 18.7 Å². The summed E-state index contributed by atoms with van der Waals surface area (Å²) in [6, 6.07) is 17.3. The summed E-state index contributed by atoms with van der Waals surface area (Å²) in [5, 5.41) is 2.69. The minimum Gasteiger partial charge on any atom is -0.322 e. The molecule has 0 atom stereocenters. The van der Waals surface area contributed by atoms with E-state index in [2.05, 4.69) is 14.8 Å². The van der Waals surface area contributed by atoms with Gasteiger partial charge in [0.15, 0.2) is 0 Å². The Bertz CT molecular complexity index is 1350. The van der Waals surface area contributed by atoms with Crippen molar-refractivity contribution in [1.29, 1.82) is 0 Å². The van der Waals surface area contributed by atoms with E-state index >= 15 is 0 Å². The summed E-state index contributed by atoms with van der Waals surface area (Å²) in [4.78, 5) is 12.6. The Morgan fingerprint density at radius 3 is 1.91 bits per heavy atom. The molecule has 0 fully saturated rings. The second-order valence-electron chi connectivity index (χ2n) is 7.35. The van der Waals surface area contributed by atoms with Crippen LogP contribution in [-0.4, -0.2) is 29.0 Å². The molecule has 0 aliphatic rings. The molecule has 0 aliphatic carbocycles. The lowest BCUT2D eigenvalue weighted by atomic mass is 10.1.